The van der Waals surface area contributed by atoms with Crippen LogP contribution in [0.15, 0.2) is 49.2 Å². The topological polar surface area (TPSA) is 89.5 Å². The number of nitrogens with zero attached hydrogens (tertiary/aromatic N) is 9. The van der Waals surface area contributed by atoms with Crippen molar-refractivity contribution < 1.29 is 0 Å². The van der Waals surface area contributed by atoms with Gasteiger partial charge in [-0.25, -0.2) is 9.50 Å². The molecule has 4 aromatic heterocycles. The molecule has 3 unspecified atom stereocenters. The second-order valence-electron chi connectivity index (χ2n) is 11.3. The molecule has 4 aromatic rings. The van der Waals surface area contributed by atoms with Gasteiger partial charge in [0.1, 0.15) is 11.9 Å². The quantitative estimate of drug-likeness (QED) is 0.379. The number of fused-ring (bicyclic) bond motifs is 3. The SMILES string of the molecule is CCc1ccc(CN2C3CC2CN(c2cnc(-c4cc(N5CCC(C)C5)cn5ncc(C#N)c45)cn2)C3)cn1. The van der Waals surface area contributed by atoms with E-state index >= 15 is 0 Å². The number of pyridine rings is 2. The van der Waals surface area contributed by atoms with Gasteiger partial charge in [-0.05, 0) is 42.9 Å². The minimum absolute atomic E-state index is 0.528. The Kier molecular flexibility index (Phi) is 5.93. The molecule has 2 bridgehead atoms. The summed E-state index contributed by atoms with van der Waals surface area (Å²) < 4.78 is 1.82. The first-order valence-corrected chi connectivity index (χ1v) is 14.0. The van der Waals surface area contributed by atoms with Gasteiger partial charge in [-0.15, -0.1) is 0 Å². The molecule has 0 amide bonds. The summed E-state index contributed by atoms with van der Waals surface area (Å²) in [4.78, 5) is 21.6. The minimum Gasteiger partial charge on any atom is -0.370 e. The van der Waals surface area contributed by atoms with Crippen LogP contribution in [0.4, 0.5) is 11.5 Å². The molecule has 0 saturated carbocycles. The number of rotatable bonds is 6. The fraction of sp³-hybridized carbons (Fsp3) is 0.433. The molecule has 4 fully saturated rings. The Morgan fingerprint density at radius 3 is 2.54 bits per heavy atom. The molecule has 0 N–H and O–H groups in total. The molecule has 8 heterocycles. The van der Waals surface area contributed by atoms with E-state index in [0.29, 0.717) is 23.6 Å². The molecule has 39 heavy (non-hydrogen) atoms. The highest BCUT2D eigenvalue weighted by atomic mass is 15.4. The summed E-state index contributed by atoms with van der Waals surface area (Å²) in [6.07, 6.45) is 12.8. The average Bonchev–Trinajstić information content (AvgIpc) is 3.62. The van der Waals surface area contributed by atoms with Crippen molar-refractivity contribution in [1.29, 1.82) is 5.26 Å². The maximum Gasteiger partial charge on any atom is 0.147 e. The summed E-state index contributed by atoms with van der Waals surface area (Å²) in [5.41, 5.74) is 6.53. The molecule has 9 heteroatoms. The zero-order valence-corrected chi connectivity index (χ0v) is 22.5. The van der Waals surface area contributed by atoms with E-state index in [0.717, 1.165) is 73.1 Å². The van der Waals surface area contributed by atoms with E-state index in [9.17, 15) is 5.26 Å². The second-order valence-corrected chi connectivity index (χ2v) is 11.3. The molecule has 0 spiro atoms. The third-order valence-electron chi connectivity index (χ3n) is 8.70. The van der Waals surface area contributed by atoms with Crippen LogP contribution in [0, 0.1) is 17.2 Å². The second kappa shape index (κ2) is 9.62. The lowest BCUT2D eigenvalue weighted by atomic mass is 9.87. The number of aryl methyl sites for hydroxylation is 1. The molecule has 4 aliphatic rings. The van der Waals surface area contributed by atoms with Gasteiger partial charge in [-0.2, -0.15) is 10.4 Å². The van der Waals surface area contributed by atoms with Crippen LogP contribution in [0.3, 0.4) is 0 Å². The van der Waals surface area contributed by atoms with Crippen molar-refractivity contribution in [3.8, 4) is 17.3 Å². The smallest absolute Gasteiger partial charge is 0.147 e. The number of piperidine rings is 1. The molecular weight excluding hydrogens is 486 g/mol. The monoisotopic (exact) mass is 519 g/mol. The van der Waals surface area contributed by atoms with Crippen LogP contribution in [0.1, 0.15) is 43.5 Å². The van der Waals surface area contributed by atoms with E-state index in [-0.39, 0.29) is 0 Å². The van der Waals surface area contributed by atoms with E-state index in [1.165, 1.54) is 18.4 Å². The van der Waals surface area contributed by atoms with Gasteiger partial charge in [-0.3, -0.25) is 14.9 Å². The van der Waals surface area contributed by atoms with Crippen LogP contribution in [0.2, 0.25) is 0 Å². The Hall–Kier alpha value is -4.03. The van der Waals surface area contributed by atoms with Crippen molar-refractivity contribution in [2.75, 3.05) is 36.0 Å². The van der Waals surface area contributed by atoms with Crippen LogP contribution >= 0.6 is 0 Å². The van der Waals surface area contributed by atoms with E-state index in [1.807, 2.05) is 29.3 Å². The third-order valence-corrected chi connectivity index (χ3v) is 8.70. The third kappa shape index (κ3) is 4.29. The Morgan fingerprint density at radius 2 is 1.87 bits per heavy atom. The van der Waals surface area contributed by atoms with E-state index in [2.05, 4.69) is 62.9 Å². The number of hydrogen-bond acceptors (Lipinski definition) is 8. The minimum atomic E-state index is 0.528. The Bertz CT molecular complexity index is 1520. The van der Waals surface area contributed by atoms with E-state index < -0.39 is 0 Å². The fourth-order valence-electron chi connectivity index (χ4n) is 6.45. The standard InChI is InChI=1S/C30H33N9/c1-3-23-5-4-21(11-32-23)16-38-25-8-26(38)18-37(17-25)29-14-33-28(13-34-29)27-9-24(36-7-6-20(2)15-36)19-39-30(27)22(10-31)12-35-39/h4-5,9,11-14,19-20,25-26H,3,6-8,15-18H2,1-2H3. The van der Waals surface area contributed by atoms with Crippen molar-refractivity contribution in [2.24, 2.45) is 5.92 Å². The Labute approximate surface area is 228 Å². The van der Waals surface area contributed by atoms with Crippen LogP contribution in [-0.4, -0.2) is 67.7 Å². The number of aromatic nitrogens is 5. The van der Waals surface area contributed by atoms with Crippen molar-refractivity contribution in [3.63, 3.8) is 0 Å². The van der Waals surface area contributed by atoms with Crippen molar-refractivity contribution >= 4 is 17.0 Å². The fourth-order valence-corrected chi connectivity index (χ4v) is 6.45. The van der Waals surface area contributed by atoms with Crippen molar-refractivity contribution in [2.45, 2.75) is 51.7 Å². The predicted molar refractivity (Wildman–Crippen MR) is 150 cm³/mol. The summed E-state index contributed by atoms with van der Waals surface area (Å²) in [6.45, 7) is 9.35. The summed E-state index contributed by atoms with van der Waals surface area (Å²) in [5, 5.41) is 14.2. The lowest BCUT2D eigenvalue weighted by Gasteiger charge is -2.56. The maximum absolute atomic E-state index is 9.73. The summed E-state index contributed by atoms with van der Waals surface area (Å²) >= 11 is 0. The summed E-state index contributed by atoms with van der Waals surface area (Å²) in [5.74, 6) is 1.58. The van der Waals surface area contributed by atoms with E-state index in [1.54, 1.807) is 6.20 Å². The molecule has 0 aromatic carbocycles. The summed E-state index contributed by atoms with van der Waals surface area (Å²) in [7, 11) is 0. The number of hydrogen-bond donors (Lipinski definition) is 0. The molecular formula is C30H33N9. The van der Waals surface area contributed by atoms with Crippen LogP contribution in [-0.2, 0) is 13.0 Å². The van der Waals surface area contributed by atoms with Gasteiger partial charge in [-0.1, -0.05) is 19.9 Å². The van der Waals surface area contributed by atoms with Gasteiger partial charge >= 0.3 is 0 Å². The van der Waals surface area contributed by atoms with Crippen LogP contribution in [0.25, 0.3) is 16.8 Å². The normalized spacial score (nSPS) is 22.7. The lowest BCUT2D eigenvalue weighted by molar-refractivity contribution is -0.00878. The molecule has 198 valence electrons. The first kappa shape index (κ1) is 24.0. The van der Waals surface area contributed by atoms with Gasteiger partial charge in [0.2, 0.25) is 0 Å². The number of anilines is 2. The molecule has 3 atom stereocenters. The van der Waals surface area contributed by atoms with E-state index in [4.69, 9.17) is 9.97 Å². The highest BCUT2D eigenvalue weighted by Gasteiger charge is 2.44. The highest BCUT2D eigenvalue weighted by Crippen LogP contribution is 2.36. The molecule has 0 radical (unpaired) electrons. The number of nitriles is 1. The Balaban J connectivity index is 1.10. The Morgan fingerprint density at radius 1 is 1.00 bits per heavy atom. The van der Waals surface area contributed by atoms with Crippen molar-refractivity contribution in [1.82, 2.24) is 29.5 Å². The van der Waals surface area contributed by atoms with Gasteiger partial charge in [0.25, 0.3) is 0 Å². The van der Waals surface area contributed by atoms with Gasteiger partial charge in [0.15, 0.2) is 0 Å². The van der Waals surface area contributed by atoms with Crippen LogP contribution < -0.4 is 9.80 Å². The molecule has 0 aliphatic carbocycles. The summed E-state index contributed by atoms with van der Waals surface area (Å²) in [6, 6.07) is 9.86. The predicted octanol–water partition coefficient (Wildman–Crippen LogP) is 3.93. The zero-order chi connectivity index (χ0) is 26.5. The first-order chi connectivity index (χ1) is 19.1. The van der Waals surface area contributed by atoms with Gasteiger partial charge in [0.05, 0.1) is 47.2 Å². The molecule has 4 aliphatic heterocycles. The van der Waals surface area contributed by atoms with Gasteiger partial charge in [0, 0.05) is 62.3 Å². The molecule has 8 rings (SSSR count). The van der Waals surface area contributed by atoms with Gasteiger partial charge < -0.3 is 9.80 Å². The number of piperazine rings is 1. The zero-order valence-electron chi connectivity index (χ0n) is 22.5. The average molecular weight is 520 g/mol. The molecule has 4 saturated heterocycles. The highest BCUT2D eigenvalue weighted by molar-refractivity contribution is 5.85. The molecule has 9 nitrogen and oxygen atoms in total. The lowest BCUT2D eigenvalue weighted by Crippen LogP contribution is -2.68. The maximum atomic E-state index is 9.73. The van der Waals surface area contributed by atoms with Crippen LogP contribution in [0.5, 0.6) is 0 Å². The first-order valence-electron chi connectivity index (χ1n) is 14.0. The van der Waals surface area contributed by atoms with Crippen molar-refractivity contribution in [3.05, 3.63) is 66.0 Å². The largest absolute Gasteiger partial charge is 0.370 e.